The van der Waals surface area contributed by atoms with Crippen LogP contribution in [0, 0.1) is 0 Å². The van der Waals surface area contributed by atoms with Crippen molar-refractivity contribution in [2.45, 2.75) is 18.9 Å². The van der Waals surface area contributed by atoms with Crippen LogP contribution in [0.5, 0.6) is 0 Å². The van der Waals surface area contributed by atoms with Crippen molar-refractivity contribution in [3.8, 4) is 0 Å². The summed E-state index contributed by atoms with van der Waals surface area (Å²) in [6.45, 7) is 0.488. The van der Waals surface area contributed by atoms with Crippen LogP contribution in [0.2, 0.25) is 0 Å². The van der Waals surface area contributed by atoms with Gasteiger partial charge >= 0.3 is 0 Å². The van der Waals surface area contributed by atoms with E-state index in [0.717, 1.165) is 16.5 Å². The molecule has 3 aromatic rings. The van der Waals surface area contributed by atoms with Crippen LogP contribution in [0.4, 0.5) is 5.82 Å². The van der Waals surface area contributed by atoms with Gasteiger partial charge in [-0.3, -0.25) is 4.79 Å². The summed E-state index contributed by atoms with van der Waals surface area (Å²) in [6.07, 6.45) is 3.22. The number of amides is 1. The van der Waals surface area contributed by atoms with E-state index in [9.17, 15) is 13.2 Å². The first-order chi connectivity index (χ1) is 13.5. The summed E-state index contributed by atoms with van der Waals surface area (Å²) in [6, 6.07) is 11.1. The van der Waals surface area contributed by atoms with Crippen molar-refractivity contribution >= 4 is 32.5 Å². The molecule has 3 heterocycles. The summed E-state index contributed by atoms with van der Waals surface area (Å²) in [5.74, 6) is 0.472. The number of aromatic nitrogens is 3. The van der Waals surface area contributed by atoms with Crippen molar-refractivity contribution in [3.05, 3.63) is 53.9 Å². The molecule has 146 valence electrons. The van der Waals surface area contributed by atoms with Gasteiger partial charge in [-0.05, 0) is 36.6 Å². The second-order valence-electron chi connectivity index (χ2n) is 6.91. The number of anilines is 1. The highest BCUT2D eigenvalue weighted by atomic mass is 32.2. The van der Waals surface area contributed by atoms with Crippen molar-refractivity contribution < 1.29 is 13.2 Å². The molecule has 28 heavy (non-hydrogen) atoms. The zero-order valence-corrected chi connectivity index (χ0v) is 16.0. The Balaban J connectivity index is 1.30. The second-order valence-corrected chi connectivity index (χ2v) is 9.14. The predicted molar refractivity (Wildman–Crippen MR) is 107 cm³/mol. The van der Waals surface area contributed by atoms with Gasteiger partial charge in [0.15, 0.2) is 15.5 Å². The van der Waals surface area contributed by atoms with E-state index in [-0.39, 0.29) is 29.1 Å². The summed E-state index contributed by atoms with van der Waals surface area (Å²) in [4.78, 5) is 15.5. The third-order valence-corrected chi connectivity index (χ3v) is 6.60. The number of H-pyrrole nitrogens is 1. The van der Waals surface area contributed by atoms with Crippen LogP contribution in [-0.2, 0) is 16.3 Å². The van der Waals surface area contributed by atoms with Crippen LogP contribution in [0.15, 0.2) is 42.6 Å². The van der Waals surface area contributed by atoms with E-state index in [0.29, 0.717) is 25.2 Å². The largest absolute Gasteiger partial charge is 0.365 e. The number of benzene rings is 1. The van der Waals surface area contributed by atoms with Crippen molar-refractivity contribution in [3.63, 3.8) is 0 Å². The molecule has 9 heteroatoms. The van der Waals surface area contributed by atoms with Gasteiger partial charge in [-0.1, -0.05) is 18.2 Å². The lowest BCUT2D eigenvalue weighted by Gasteiger charge is -2.11. The average Bonchev–Trinajstić information content (AvgIpc) is 3.25. The maximum absolute atomic E-state index is 12.3. The van der Waals surface area contributed by atoms with E-state index in [4.69, 9.17) is 0 Å². The van der Waals surface area contributed by atoms with E-state index >= 15 is 0 Å². The maximum atomic E-state index is 12.3. The molecule has 0 aliphatic carbocycles. The maximum Gasteiger partial charge on any atom is 0.271 e. The summed E-state index contributed by atoms with van der Waals surface area (Å²) in [5, 5.41) is 15.0. The lowest BCUT2D eigenvalue weighted by atomic mass is 10.1. The van der Waals surface area contributed by atoms with Crippen LogP contribution < -0.4 is 10.6 Å². The summed E-state index contributed by atoms with van der Waals surface area (Å²) >= 11 is 0. The second kappa shape index (κ2) is 7.59. The Hall–Kier alpha value is -2.94. The predicted octanol–water partition coefficient (Wildman–Crippen LogP) is 1.53. The molecule has 0 radical (unpaired) electrons. The number of rotatable bonds is 6. The lowest BCUT2D eigenvalue weighted by molar-refractivity contribution is 0.0948. The number of hydrogen-bond acceptors (Lipinski definition) is 6. The normalized spacial score (nSPS) is 18.2. The van der Waals surface area contributed by atoms with E-state index in [1.54, 1.807) is 12.1 Å². The molecular formula is C19H21N5O3S. The van der Waals surface area contributed by atoms with Gasteiger partial charge in [0.1, 0.15) is 5.82 Å². The molecular weight excluding hydrogens is 378 g/mol. The fourth-order valence-electron chi connectivity index (χ4n) is 3.39. The Morgan fingerprint density at radius 1 is 1.18 bits per heavy atom. The smallest absolute Gasteiger partial charge is 0.271 e. The minimum Gasteiger partial charge on any atom is -0.365 e. The molecule has 1 atom stereocenters. The quantitative estimate of drug-likeness (QED) is 0.579. The molecule has 8 nitrogen and oxygen atoms in total. The fourth-order valence-corrected chi connectivity index (χ4v) is 5.06. The highest BCUT2D eigenvalue weighted by molar-refractivity contribution is 7.91. The van der Waals surface area contributed by atoms with Gasteiger partial charge in [0.05, 0.1) is 11.5 Å². The van der Waals surface area contributed by atoms with E-state index in [1.165, 1.54) is 0 Å². The SMILES string of the molecule is O=C(NCCc1c[nH]c2ccccc12)c1ccc(NC2CCS(=O)(=O)C2)nn1. The van der Waals surface area contributed by atoms with Gasteiger partial charge in [0.25, 0.3) is 5.91 Å². The van der Waals surface area contributed by atoms with E-state index in [1.807, 2.05) is 24.4 Å². The van der Waals surface area contributed by atoms with Crippen LogP contribution >= 0.6 is 0 Å². The Bertz CT molecular complexity index is 1090. The van der Waals surface area contributed by atoms with E-state index in [2.05, 4.69) is 31.9 Å². The van der Waals surface area contributed by atoms with E-state index < -0.39 is 9.84 Å². The molecule has 2 aromatic heterocycles. The standard InChI is InChI=1S/C19H21N5O3S/c25-19(20-9-7-13-11-21-16-4-2-1-3-15(13)16)17-5-6-18(24-23-17)22-14-8-10-28(26,27)12-14/h1-6,11,14,21H,7-10,12H2,(H,20,25)(H,22,24). The number of aromatic amines is 1. The number of nitrogens with one attached hydrogen (secondary N) is 3. The first-order valence-electron chi connectivity index (χ1n) is 9.14. The Labute approximate surface area is 162 Å². The molecule has 1 aliphatic heterocycles. The molecule has 0 spiro atoms. The molecule has 1 amide bonds. The minimum atomic E-state index is -2.96. The van der Waals surface area contributed by atoms with Crippen molar-refractivity contribution in [1.82, 2.24) is 20.5 Å². The van der Waals surface area contributed by atoms with Crippen LogP contribution in [0.3, 0.4) is 0 Å². The molecule has 3 N–H and O–H groups in total. The summed E-state index contributed by atoms with van der Waals surface area (Å²) in [7, 11) is -2.96. The molecule has 0 bridgehead atoms. The first kappa shape index (κ1) is 18.4. The monoisotopic (exact) mass is 399 g/mol. The number of nitrogens with zero attached hydrogens (tertiary/aromatic N) is 2. The highest BCUT2D eigenvalue weighted by Gasteiger charge is 2.28. The number of hydrogen-bond donors (Lipinski definition) is 3. The molecule has 1 unspecified atom stereocenters. The number of sulfone groups is 1. The number of fused-ring (bicyclic) bond motifs is 1. The number of carbonyl (C=O) groups is 1. The van der Waals surface area contributed by atoms with Crippen LogP contribution in [-0.4, -0.2) is 53.6 Å². The first-order valence-corrected chi connectivity index (χ1v) is 11.0. The molecule has 1 fully saturated rings. The van der Waals surface area contributed by atoms with Gasteiger partial charge < -0.3 is 15.6 Å². The van der Waals surface area contributed by atoms with Gasteiger partial charge in [0.2, 0.25) is 0 Å². The summed E-state index contributed by atoms with van der Waals surface area (Å²) < 4.78 is 23.0. The third-order valence-electron chi connectivity index (χ3n) is 4.84. The van der Waals surface area contributed by atoms with Crippen molar-refractivity contribution in [2.75, 3.05) is 23.4 Å². The summed E-state index contributed by atoms with van der Waals surface area (Å²) in [5.41, 5.74) is 2.45. The molecule has 4 rings (SSSR count). The van der Waals surface area contributed by atoms with Crippen LogP contribution in [0.25, 0.3) is 10.9 Å². The molecule has 1 saturated heterocycles. The van der Waals surface area contributed by atoms with Gasteiger partial charge in [-0.2, -0.15) is 0 Å². The Kier molecular flexibility index (Phi) is 4.99. The van der Waals surface area contributed by atoms with Gasteiger partial charge in [-0.25, -0.2) is 8.42 Å². The average molecular weight is 399 g/mol. The fraction of sp³-hybridized carbons (Fsp3) is 0.316. The Morgan fingerprint density at radius 3 is 2.79 bits per heavy atom. The Morgan fingerprint density at radius 2 is 2.04 bits per heavy atom. The molecule has 0 saturated carbocycles. The third kappa shape index (κ3) is 4.14. The number of para-hydroxylation sites is 1. The van der Waals surface area contributed by atoms with Crippen molar-refractivity contribution in [2.24, 2.45) is 0 Å². The zero-order chi connectivity index (χ0) is 19.6. The topological polar surface area (TPSA) is 117 Å². The lowest BCUT2D eigenvalue weighted by Crippen LogP contribution is -2.27. The van der Waals surface area contributed by atoms with Gasteiger partial charge in [-0.15, -0.1) is 10.2 Å². The number of carbonyl (C=O) groups excluding carboxylic acids is 1. The molecule has 1 aromatic carbocycles. The van der Waals surface area contributed by atoms with Crippen LogP contribution in [0.1, 0.15) is 22.5 Å². The highest BCUT2D eigenvalue weighted by Crippen LogP contribution is 2.18. The molecule has 1 aliphatic rings. The minimum absolute atomic E-state index is 0.102. The van der Waals surface area contributed by atoms with Crippen molar-refractivity contribution in [1.29, 1.82) is 0 Å². The van der Waals surface area contributed by atoms with Gasteiger partial charge in [0, 0.05) is 29.7 Å². The zero-order valence-electron chi connectivity index (χ0n) is 15.2.